The van der Waals surface area contributed by atoms with Gasteiger partial charge in [0, 0.05) is 12.1 Å². The van der Waals surface area contributed by atoms with Crippen LogP contribution in [0.15, 0.2) is 59.1 Å². The number of rotatable bonds is 6. The number of carbonyl (C=O) groups is 1. The highest BCUT2D eigenvalue weighted by Crippen LogP contribution is 2.26. The van der Waals surface area contributed by atoms with E-state index in [0.29, 0.717) is 23.4 Å². The third-order valence-corrected chi connectivity index (χ3v) is 3.95. The van der Waals surface area contributed by atoms with Crippen LogP contribution in [-0.4, -0.2) is 17.6 Å². The summed E-state index contributed by atoms with van der Waals surface area (Å²) in [7, 11) is 0. The third kappa shape index (κ3) is 4.12. The zero-order chi connectivity index (χ0) is 17.6. The molecule has 0 saturated heterocycles. The van der Waals surface area contributed by atoms with Crippen LogP contribution < -0.4 is 5.32 Å². The lowest BCUT2D eigenvalue weighted by Gasteiger charge is -2.06. The number of amides is 1. The summed E-state index contributed by atoms with van der Waals surface area (Å²) in [6.07, 6.45) is 1.72. The third-order valence-electron chi connectivity index (χ3n) is 3.95. The molecule has 0 radical (unpaired) electrons. The van der Waals surface area contributed by atoms with Crippen LogP contribution >= 0.6 is 0 Å². The van der Waals surface area contributed by atoms with Crippen LogP contribution in [0, 0.1) is 12.7 Å². The van der Waals surface area contributed by atoms with Gasteiger partial charge in [-0.15, -0.1) is 0 Å². The molecule has 0 fully saturated rings. The van der Waals surface area contributed by atoms with Crippen molar-refractivity contribution >= 4 is 5.91 Å². The lowest BCUT2D eigenvalue weighted by molar-refractivity contribution is 0.0953. The molecule has 1 N–H and O–H groups in total. The summed E-state index contributed by atoms with van der Waals surface area (Å²) in [6.45, 7) is 2.24. The van der Waals surface area contributed by atoms with E-state index in [1.807, 2.05) is 18.2 Å². The Balaban J connectivity index is 1.65. The largest absolute Gasteiger partial charge is 0.355 e. The molecule has 1 amide bonds. The molecular weight excluding hydrogens is 319 g/mol. The maximum absolute atomic E-state index is 13.4. The molecule has 0 aliphatic carbocycles. The summed E-state index contributed by atoms with van der Waals surface area (Å²) in [5.41, 5.74) is 2.57. The van der Waals surface area contributed by atoms with Gasteiger partial charge in [-0.05, 0) is 37.5 Å². The molecule has 3 rings (SSSR count). The van der Waals surface area contributed by atoms with Crippen molar-refractivity contribution in [1.29, 1.82) is 0 Å². The van der Waals surface area contributed by atoms with E-state index in [0.717, 1.165) is 12.8 Å². The number of halogens is 1. The number of nitrogens with one attached hydrogen (secondary N) is 1. The van der Waals surface area contributed by atoms with Gasteiger partial charge in [-0.1, -0.05) is 47.6 Å². The van der Waals surface area contributed by atoms with Crippen LogP contribution in [0.3, 0.4) is 0 Å². The quantitative estimate of drug-likeness (QED) is 0.687. The Kier molecular flexibility index (Phi) is 5.23. The van der Waals surface area contributed by atoms with Gasteiger partial charge in [-0.25, -0.2) is 4.39 Å². The summed E-state index contributed by atoms with van der Waals surface area (Å²) >= 11 is 0. The number of aromatic nitrogens is 1. The van der Waals surface area contributed by atoms with E-state index >= 15 is 0 Å². The van der Waals surface area contributed by atoms with Crippen molar-refractivity contribution in [3.63, 3.8) is 0 Å². The number of benzene rings is 2. The van der Waals surface area contributed by atoms with E-state index in [2.05, 4.69) is 22.6 Å². The molecule has 25 heavy (non-hydrogen) atoms. The van der Waals surface area contributed by atoms with Gasteiger partial charge in [0.1, 0.15) is 11.4 Å². The zero-order valence-corrected chi connectivity index (χ0v) is 14.0. The summed E-state index contributed by atoms with van der Waals surface area (Å²) in [4.78, 5) is 12.5. The number of hydrogen-bond donors (Lipinski definition) is 1. The average molecular weight is 338 g/mol. The Labute approximate surface area is 145 Å². The Morgan fingerprint density at radius 3 is 2.72 bits per heavy atom. The molecular formula is C20H19FN2O2. The molecule has 128 valence electrons. The van der Waals surface area contributed by atoms with Gasteiger partial charge in [-0.3, -0.25) is 4.79 Å². The minimum absolute atomic E-state index is 0.258. The second-order valence-corrected chi connectivity index (χ2v) is 5.83. The lowest BCUT2D eigenvalue weighted by atomic mass is 10.1. The SMILES string of the molecule is Cc1noc(-c2cccc(F)c2)c1C(=O)NCCCc1ccccc1. The smallest absolute Gasteiger partial charge is 0.257 e. The Morgan fingerprint density at radius 2 is 1.96 bits per heavy atom. The van der Waals surface area contributed by atoms with Crippen LogP contribution in [0.2, 0.25) is 0 Å². The Hall–Kier alpha value is -2.95. The van der Waals surface area contributed by atoms with Crippen LogP contribution in [-0.2, 0) is 6.42 Å². The maximum atomic E-state index is 13.4. The Bertz CT molecular complexity index is 859. The van der Waals surface area contributed by atoms with E-state index in [1.165, 1.54) is 17.7 Å². The fraction of sp³-hybridized carbons (Fsp3) is 0.200. The highest BCUT2D eigenvalue weighted by atomic mass is 19.1. The van der Waals surface area contributed by atoms with Crippen molar-refractivity contribution in [3.8, 4) is 11.3 Å². The molecule has 1 aromatic heterocycles. The highest BCUT2D eigenvalue weighted by Gasteiger charge is 2.21. The van der Waals surface area contributed by atoms with Gasteiger partial charge in [-0.2, -0.15) is 0 Å². The fourth-order valence-corrected chi connectivity index (χ4v) is 2.69. The monoisotopic (exact) mass is 338 g/mol. The number of carbonyl (C=O) groups excluding carboxylic acids is 1. The van der Waals surface area contributed by atoms with Gasteiger partial charge in [0.25, 0.3) is 5.91 Å². The normalized spacial score (nSPS) is 10.6. The minimum Gasteiger partial charge on any atom is -0.355 e. The van der Waals surface area contributed by atoms with Gasteiger partial charge >= 0.3 is 0 Å². The number of nitrogens with zero attached hydrogens (tertiary/aromatic N) is 1. The topological polar surface area (TPSA) is 55.1 Å². The van der Waals surface area contributed by atoms with Crippen LogP contribution in [0.25, 0.3) is 11.3 Å². The highest BCUT2D eigenvalue weighted by molar-refractivity contribution is 6.00. The summed E-state index contributed by atoms with van der Waals surface area (Å²) in [5.74, 6) is -0.357. The first kappa shape index (κ1) is 16.9. The standard InChI is InChI=1S/C20H19FN2O2/c1-14-18(19(25-23-14)16-10-5-11-17(21)13-16)20(24)22-12-6-9-15-7-3-2-4-8-15/h2-5,7-8,10-11,13H,6,9,12H2,1H3,(H,22,24). The van der Waals surface area contributed by atoms with E-state index in [9.17, 15) is 9.18 Å². The molecule has 3 aromatic rings. The van der Waals surface area contributed by atoms with Crippen molar-refractivity contribution in [3.05, 3.63) is 77.2 Å². The van der Waals surface area contributed by atoms with E-state index < -0.39 is 0 Å². The number of hydrogen-bond acceptors (Lipinski definition) is 3. The lowest BCUT2D eigenvalue weighted by Crippen LogP contribution is -2.25. The van der Waals surface area contributed by atoms with Crippen molar-refractivity contribution in [2.24, 2.45) is 0 Å². The second kappa shape index (κ2) is 7.75. The maximum Gasteiger partial charge on any atom is 0.257 e. The van der Waals surface area contributed by atoms with Crippen molar-refractivity contribution in [2.45, 2.75) is 19.8 Å². The van der Waals surface area contributed by atoms with Crippen molar-refractivity contribution in [2.75, 3.05) is 6.54 Å². The van der Waals surface area contributed by atoms with Gasteiger partial charge < -0.3 is 9.84 Å². The van der Waals surface area contributed by atoms with Gasteiger partial charge in [0.2, 0.25) is 0 Å². The Morgan fingerprint density at radius 1 is 1.16 bits per heavy atom. The first-order valence-electron chi connectivity index (χ1n) is 8.19. The minimum atomic E-state index is -0.388. The predicted octanol–water partition coefficient (Wildman–Crippen LogP) is 4.15. The molecule has 0 spiro atoms. The molecule has 4 nitrogen and oxygen atoms in total. The first-order valence-corrected chi connectivity index (χ1v) is 8.19. The molecule has 1 heterocycles. The van der Waals surface area contributed by atoms with E-state index in [1.54, 1.807) is 19.1 Å². The summed E-state index contributed by atoms with van der Waals surface area (Å²) in [5, 5.41) is 6.75. The van der Waals surface area contributed by atoms with Gasteiger partial charge in [0.15, 0.2) is 5.76 Å². The molecule has 0 unspecified atom stereocenters. The van der Waals surface area contributed by atoms with Crippen molar-refractivity contribution < 1.29 is 13.7 Å². The molecule has 0 bridgehead atoms. The molecule has 0 aliphatic rings. The molecule has 0 aliphatic heterocycles. The predicted molar refractivity (Wildman–Crippen MR) is 93.7 cm³/mol. The average Bonchev–Trinajstić information content (AvgIpc) is 3.01. The van der Waals surface area contributed by atoms with E-state index in [4.69, 9.17) is 4.52 Å². The summed E-state index contributed by atoms with van der Waals surface area (Å²) in [6, 6.07) is 16.0. The van der Waals surface area contributed by atoms with Gasteiger partial charge in [0.05, 0.1) is 5.69 Å². The second-order valence-electron chi connectivity index (χ2n) is 5.83. The van der Waals surface area contributed by atoms with Crippen LogP contribution in [0.4, 0.5) is 4.39 Å². The summed E-state index contributed by atoms with van der Waals surface area (Å²) < 4.78 is 18.7. The first-order chi connectivity index (χ1) is 12.1. The zero-order valence-electron chi connectivity index (χ0n) is 14.0. The van der Waals surface area contributed by atoms with Crippen LogP contribution in [0.1, 0.15) is 28.0 Å². The molecule has 5 heteroatoms. The van der Waals surface area contributed by atoms with Crippen molar-refractivity contribution in [1.82, 2.24) is 10.5 Å². The number of aryl methyl sites for hydroxylation is 2. The van der Waals surface area contributed by atoms with Crippen LogP contribution in [0.5, 0.6) is 0 Å². The molecule has 2 aromatic carbocycles. The van der Waals surface area contributed by atoms with E-state index in [-0.39, 0.29) is 17.5 Å². The molecule has 0 saturated carbocycles. The fourth-order valence-electron chi connectivity index (χ4n) is 2.69. The molecule has 0 atom stereocenters.